The summed E-state index contributed by atoms with van der Waals surface area (Å²) in [6.45, 7) is 9.87. The number of benzene rings is 1. The van der Waals surface area contributed by atoms with Crippen LogP contribution in [-0.2, 0) is 6.42 Å². The first-order valence-electron chi connectivity index (χ1n) is 4.90. The lowest BCUT2D eigenvalue weighted by atomic mass is 10.1. The van der Waals surface area contributed by atoms with Crippen molar-refractivity contribution in [3.8, 4) is 5.75 Å². The lowest BCUT2D eigenvalue weighted by Gasteiger charge is -2.21. The second kappa shape index (κ2) is 4.32. The molecular formula is C13H18O. The largest absolute Gasteiger partial charge is 0.488 e. The van der Waals surface area contributed by atoms with E-state index >= 15 is 0 Å². The zero-order chi connectivity index (χ0) is 10.6. The minimum Gasteiger partial charge on any atom is -0.488 e. The van der Waals surface area contributed by atoms with E-state index in [0.29, 0.717) is 0 Å². The van der Waals surface area contributed by atoms with E-state index in [-0.39, 0.29) is 5.60 Å². The smallest absolute Gasteiger partial charge is 0.120 e. The van der Waals surface area contributed by atoms with E-state index in [4.69, 9.17) is 4.74 Å². The zero-order valence-electron chi connectivity index (χ0n) is 9.21. The normalized spacial score (nSPS) is 11.1. The molecule has 14 heavy (non-hydrogen) atoms. The van der Waals surface area contributed by atoms with Gasteiger partial charge < -0.3 is 4.74 Å². The number of ether oxygens (including phenoxy) is 1. The maximum absolute atomic E-state index is 5.75. The van der Waals surface area contributed by atoms with Crippen LogP contribution in [0.4, 0.5) is 0 Å². The van der Waals surface area contributed by atoms with Crippen LogP contribution in [0, 0.1) is 0 Å². The Morgan fingerprint density at radius 3 is 2.64 bits per heavy atom. The summed E-state index contributed by atoms with van der Waals surface area (Å²) < 4.78 is 5.75. The van der Waals surface area contributed by atoms with Crippen molar-refractivity contribution in [3.63, 3.8) is 0 Å². The van der Waals surface area contributed by atoms with Crippen LogP contribution in [0.5, 0.6) is 5.75 Å². The minimum atomic E-state index is -0.132. The van der Waals surface area contributed by atoms with Crippen LogP contribution in [0.1, 0.15) is 26.3 Å². The number of hydrogen-bond donors (Lipinski definition) is 0. The molecule has 0 atom stereocenters. The molecule has 0 saturated heterocycles. The zero-order valence-corrected chi connectivity index (χ0v) is 9.21. The van der Waals surface area contributed by atoms with Crippen molar-refractivity contribution in [3.05, 3.63) is 42.5 Å². The van der Waals surface area contributed by atoms with Crippen LogP contribution in [-0.4, -0.2) is 5.60 Å². The van der Waals surface area contributed by atoms with Crippen molar-refractivity contribution in [2.24, 2.45) is 0 Å². The van der Waals surface area contributed by atoms with Crippen molar-refractivity contribution in [2.75, 3.05) is 0 Å². The van der Waals surface area contributed by atoms with Gasteiger partial charge in [0.05, 0.1) is 0 Å². The molecule has 0 fully saturated rings. The highest BCUT2D eigenvalue weighted by atomic mass is 16.5. The second-order valence-corrected chi connectivity index (χ2v) is 4.35. The lowest BCUT2D eigenvalue weighted by molar-refractivity contribution is 0.131. The van der Waals surface area contributed by atoms with Gasteiger partial charge in [-0.05, 0) is 44.9 Å². The standard InChI is InChI=1S/C13H18O/c1-5-7-11-8-6-9-12(10-11)14-13(2,3)4/h5-6,8-10H,1,7H2,2-4H3. The van der Waals surface area contributed by atoms with Crippen LogP contribution in [0.2, 0.25) is 0 Å². The summed E-state index contributed by atoms with van der Waals surface area (Å²) in [6.07, 6.45) is 2.79. The van der Waals surface area contributed by atoms with Crippen molar-refractivity contribution in [1.82, 2.24) is 0 Å². The van der Waals surface area contributed by atoms with Gasteiger partial charge in [-0.1, -0.05) is 18.2 Å². The predicted octanol–water partition coefficient (Wildman–Crippen LogP) is 3.59. The van der Waals surface area contributed by atoms with Gasteiger partial charge in [-0.3, -0.25) is 0 Å². The summed E-state index contributed by atoms with van der Waals surface area (Å²) in [6, 6.07) is 8.14. The molecule has 0 aromatic heterocycles. The summed E-state index contributed by atoms with van der Waals surface area (Å²) >= 11 is 0. The average Bonchev–Trinajstić information content (AvgIpc) is 2.02. The van der Waals surface area contributed by atoms with Crippen LogP contribution >= 0.6 is 0 Å². The highest BCUT2D eigenvalue weighted by Gasteiger charge is 2.11. The van der Waals surface area contributed by atoms with Gasteiger partial charge >= 0.3 is 0 Å². The van der Waals surface area contributed by atoms with Gasteiger partial charge in [0.1, 0.15) is 11.4 Å². The van der Waals surface area contributed by atoms with E-state index in [2.05, 4.69) is 18.7 Å². The van der Waals surface area contributed by atoms with E-state index in [9.17, 15) is 0 Å². The molecule has 1 heteroatoms. The fourth-order valence-electron chi connectivity index (χ4n) is 1.26. The second-order valence-electron chi connectivity index (χ2n) is 4.35. The van der Waals surface area contributed by atoms with E-state index in [0.717, 1.165) is 12.2 Å². The molecule has 0 unspecified atom stereocenters. The van der Waals surface area contributed by atoms with Gasteiger partial charge in [0, 0.05) is 0 Å². The van der Waals surface area contributed by atoms with Crippen LogP contribution in [0.25, 0.3) is 0 Å². The van der Waals surface area contributed by atoms with Gasteiger partial charge in [-0.2, -0.15) is 0 Å². The van der Waals surface area contributed by atoms with E-state index in [1.165, 1.54) is 5.56 Å². The van der Waals surface area contributed by atoms with Crippen LogP contribution in [0.15, 0.2) is 36.9 Å². The molecule has 0 spiro atoms. The van der Waals surface area contributed by atoms with Crippen molar-refractivity contribution in [2.45, 2.75) is 32.8 Å². The molecule has 0 aliphatic heterocycles. The Bertz CT molecular complexity index is 307. The Morgan fingerprint density at radius 2 is 2.07 bits per heavy atom. The van der Waals surface area contributed by atoms with Gasteiger partial charge in [0.25, 0.3) is 0 Å². The van der Waals surface area contributed by atoms with Gasteiger partial charge in [0.15, 0.2) is 0 Å². The third-order valence-corrected chi connectivity index (χ3v) is 1.70. The molecule has 1 nitrogen and oxygen atoms in total. The van der Waals surface area contributed by atoms with Crippen molar-refractivity contribution >= 4 is 0 Å². The first-order chi connectivity index (χ1) is 6.51. The first-order valence-corrected chi connectivity index (χ1v) is 4.90. The highest BCUT2D eigenvalue weighted by molar-refractivity contribution is 5.30. The molecule has 0 N–H and O–H groups in total. The lowest BCUT2D eigenvalue weighted by Crippen LogP contribution is -2.22. The van der Waals surface area contributed by atoms with Crippen LogP contribution in [0.3, 0.4) is 0 Å². The van der Waals surface area contributed by atoms with Crippen molar-refractivity contribution in [1.29, 1.82) is 0 Å². The molecule has 0 aliphatic carbocycles. The molecule has 1 aromatic carbocycles. The molecule has 76 valence electrons. The van der Waals surface area contributed by atoms with E-state index in [1.807, 2.05) is 39.0 Å². The Kier molecular flexibility index (Phi) is 3.34. The van der Waals surface area contributed by atoms with Crippen molar-refractivity contribution < 1.29 is 4.74 Å². The molecule has 0 saturated carbocycles. The number of rotatable bonds is 3. The SMILES string of the molecule is C=CCc1cccc(OC(C)(C)C)c1. The third kappa shape index (κ3) is 3.65. The molecular weight excluding hydrogens is 172 g/mol. The molecule has 0 radical (unpaired) electrons. The summed E-state index contributed by atoms with van der Waals surface area (Å²) in [5, 5.41) is 0. The number of hydrogen-bond acceptors (Lipinski definition) is 1. The fourth-order valence-corrected chi connectivity index (χ4v) is 1.26. The number of allylic oxidation sites excluding steroid dienone is 1. The molecule has 0 amide bonds. The summed E-state index contributed by atoms with van der Waals surface area (Å²) in [4.78, 5) is 0. The fraction of sp³-hybridized carbons (Fsp3) is 0.385. The highest BCUT2D eigenvalue weighted by Crippen LogP contribution is 2.19. The molecule has 0 heterocycles. The Labute approximate surface area is 86.4 Å². The summed E-state index contributed by atoms with van der Waals surface area (Å²) in [5.74, 6) is 0.928. The summed E-state index contributed by atoms with van der Waals surface area (Å²) in [5.41, 5.74) is 1.11. The quantitative estimate of drug-likeness (QED) is 0.662. The Morgan fingerprint density at radius 1 is 1.36 bits per heavy atom. The Hall–Kier alpha value is -1.24. The molecule has 1 rings (SSSR count). The third-order valence-electron chi connectivity index (χ3n) is 1.70. The topological polar surface area (TPSA) is 9.23 Å². The van der Waals surface area contributed by atoms with Gasteiger partial charge in [-0.15, -0.1) is 6.58 Å². The van der Waals surface area contributed by atoms with E-state index < -0.39 is 0 Å². The summed E-state index contributed by atoms with van der Waals surface area (Å²) in [7, 11) is 0. The molecule has 0 aliphatic rings. The average molecular weight is 190 g/mol. The maximum Gasteiger partial charge on any atom is 0.120 e. The van der Waals surface area contributed by atoms with E-state index in [1.54, 1.807) is 0 Å². The van der Waals surface area contributed by atoms with Gasteiger partial charge in [0.2, 0.25) is 0 Å². The maximum atomic E-state index is 5.75. The first kappa shape index (κ1) is 10.8. The van der Waals surface area contributed by atoms with Gasteiger partial charge in [-0.25, -0.2) is 0 Å². The molecule has 0 bridgehead atoms. The Balaban J connectivity index is 2.78. The predicted molar refractivity (Wildman–Crippen MR) is 60.7 cm³/mol. The monoisotopic (exact) mass is 190 g/mol. The minimum absolute atomic E-state index is 0.132. The molecule has 1 aromatic rings. The van der Waals surface area contributed by atoms with Crippen LogP contribution < -0.4 is 4.74 Å².